The van der Waals surface area contributed by atoms with Gasteiger partial charge in [-0.05, 0) is 55.2 Å². The van der Waals surface area contributed by atoms with Crippen molar-refractivity contribution in [1.29, 1.82) is 0 Å². The van der Waals surface area contributed by atoms with Gasteiger partial charge in [0.2, 0.25) is 20.0 Å². The number of nitrogens with zero attached hydrogens (tertiary/aromatic N) is 2. The lowest BCUT2D eigenvalue weighted by Gasteiger charge is -2.33. The molecule has 0 amide bonds. The van der Waals surface area contributed by atoms with Crippen LogP contribution in [0.25, 0.3) is 0 Å². The van der Waals surface area contributed by atoms with E-state index in [0.29, 0.717) is 11.3 Å². The lowest BCUT2D eigenvalue weighted by molar-refractivity contribution is 0.272. The van der Waals surface area contributed by atoms with E-state index in [4.69, 9.17) is 4.74 Å². The number of sulfonamides is 2. The number of aryl methyl sites for hydroxylation is 2. The molecule has 2 aromatic carbocycles. The Bertz CT molecular complexity index is 1150. The Morgan fingerprint density at radius 2 is 1.35 bits per heavy atom. The van der Waals surface area contributed by atoms with Gasteiger partial charge in [0.15, 0.2) is 0 Å². The Morgan fingerprint density at radius 3 is 1.84 bits per heavy atom. The van der Waals surface area contributed by atoms with Gasteiger partial charge in [0.05, 0.1) is 16.9 Å². The van der Waals surface area contributed by atoms with E-state index >= 15 is 0 Å². The Hall–Kier alpha value is -1.94. The van der Waals surface area contributed by atoms with Crippen molar-refractivity contribution in [1.82, 2.24) is 8.61 Å². The largest absolute Gasteiger partial charge is 0.496 e. The molecule has 1 saturated heterocycles. The molecule has 0 atom stereocenters. The van der Waals surface area contributed by atoms with Gasteiger partial charge in [-0.2, -0.15) is 8.61 Å². The van der Waals surface area contributed by atoms with Crippen LogP contribution in [0.2, 0.25) is 0 Å². The summed E-state index contributed by atoms with van der Waals surface area (Å²) in [6, 6.07) is 10.1. The average Bonchev–Trinajstić information content (AvgIpc) is 2.73. The molecule has 1 aliphatic heterocycles. The predicted octanol–water partition coefficient (Wildman–Crippen LogP) is 3.13. The summed E-state index contributed by atoms with van der Waals surface area (Å²) >= 11 is 0. The van der Waals surface area contributed by atoms with Crippen LogP contribution in [0.5, 0.6) is 5.75 Å². The molecule has 0 radical (unpaired) electrons. The Balaban J connectivity index is 1.83. The van der Waals surface area contributed by atoms with E-state index in [-0.39, 0.29) is 41.9 Å². The first-order valence-corrected chi connectivity index (χ1v) is 13.1. The fraction of sp³-hybridized carbons (Fsp3) is 0.455. The second kappa shape index (κ2) is 8.90. The number of hydrogen-bond acceptors (Lipinski definition) is 5. The van der Waals surface area contributed by atoms with E-state index in [1.54, 1.807) is 50.4 Å². The van der Waals surface area contributed by atoms with Crippen LogP contribution in [0, 0.1) is 13.8 Å². The summed E-state index contributed by atoms with van der Waals surface area (Å²) < 4.78 is 60.7. The SMILES string of the molecule is COc1cc(C)c(S(=O)(=O)N2CCN(S(=O)(=O)c3ccc(C)cc3)CC2)cc1C(C)C. The van der Waals surface area contributed by atoms with E-state index in [1.807, 2.05) is 20.8 Å². The zero-order chi connectivity index (χ0) is 23.0. The van der Waals surface area contributed by atoms with Crippen molar-refractivity contribution in [2.45, 2.75) is 43.4 Å². The third-order valence-corrected chi connectivity index (χ3v) is 9.58. The summed E-state index contributed by atoms with van der Waals surface area (Å²) in [5.41, 5.74) is 2.41. The molecule has 9 heteroatoms. The van der Waals surface area contributed by atoms with E-state index in [0.717, 1.165) is 11.1 Å². The molecule has 0 aliphatic carbocycles. The van der Waals surface area contributed by atoms with Gasteiger partial charge in [0.25, 0.3) is 0 Å². The highest BCUT2D eigenvalue weighted by molar-refractivity contribution is 7.89. The highest BCUT2D eigenvalue weighted by Gasteiger charge is 2.34. The van der Waals surface area contributed by atoms with Gasteiger partial charge in [-0.1, -0.05) is 31.5 Å². The maximum Gasteiger partial charge on any atom is 0.243 e. The van der Waals surface area contributed by atoms with Crippen molar-refractivity contribution in [3.05, 3.63) is 53.1 Å². The molecule has 2 aromatic rings. The number of benzene rings is 2. The predicted molar refractivity (Wildman–Crippen MR) is 121 cm³/mol. The first kappa shape index (κ1) is 23.7. The van der Waals surface area contributed by atoms with Gasteiger partial charge in [0.1, 0.15) is 5.75 Å². The van der Waals surface area contributed by atoms with Crippen molar-refractivity contribution in [2.75, 3.05) is 33.3 Å². The smallest absolute Gasteiger partial charge is 0.243 e. The molecule has 1 heterocycles. The van der Waals surface area contributed by atoms with Crippen molar-refractivity contribution in [3.8, 4) is 5.75 Å². The van der Waals surface area contributed by atoms with Gasteiger partial charge in [-0.25, -0.2) is 16.8 Å². The van der Waals surface area contributed by atoms with Crippen LogP contribution in [-0.2, 0) is 20.0 Å². The second-order valence-electron chi connectivity index (χ2n) is 8.14. The molecule has 0 unspecified atom stereocenters. The van der Waals surface area contributed by atoms with Gasteiger partial charge in [0, 0.05) is 26.2 Å². The number of piperazine rings is 1. The molecule has 0 bridgehead atoms. The van der Waals surface area contributed by atoms with Crippen LogP contribution in [0.15, 0.2) is 46.2 Å². The standard InChI is InChI=1S/C22H30N2O5S2/c1-16(2)20-15-22(18(4)14-21(20)29-5)31(27,28)24-12-10-23(11-13-24)30(25,26)19-8-6-17(3)7-9-19/h6-9,14-16H,10-13H2,1-5H3. The molecule has 1 aliphatic rings. The van der Waals surface area contributed by atoms with Crippen LogP contribution in [0.4, 0.5) is 0 Å². The molecule has 3 rings (SSSR count). The summed E-state index contributed by atoms with van der Waals surface area (Å²) in [5.74, 6) is 0.765. The quantitative estimate of drug-likeness (QED) is 0.653. The van der Waals surface area contributed by atoms with Crippen LogP contribution >= 0.6 is 0 Å². The molecule has 170 valence electrons. The third-order valence-electron chi connectivity index (χ3n) is 5.62. The number of hydrogen-bond donors (Lipinski definition) is 0. The van der Waals surface area contributed by atoms with E-state index in [2.05, 4.69) is 0 Å². The summed E-state index contributed by atoms with van der Waals surface area (Å²) in [6.45, 7) is 8.05. The first-order chi connectivity index (χ1) is 14.5. The van der Waals surface area contributed by atoms with Crippen LogP contribution in [-0.4, -0.2) is 58.7 Å². The van der Waals surface area contributed by atoms with Crippen molar-refractivity contribution in [3.63, 3.8) is 0 Å². The van der Waals surface area contributed by atoms with Crippen LogP contribution in [0.3, 0.4) is 0 Å². The van der Waals surface area contributed by atoms with Crippen LogP contribution in [0.1, 0.15) is 36.5 Å². The van der Waals surface area contributed by atoms with E-state index in [9.17, 15) is 16.8 Å². The zero-order valence-electron chi connectivity index (χ0n) is 18.6. The average molecular weight is 467 g/mol. The number of methoxy groups -OCH3 is 1. The topological polar surface area (TPSA) is 84.0 Å². The Morgan fingerprint density at radius 1 is 0.839 bits per heavy atom. The molecule has 0 spiro atoms. The van der Waals surface area contributed by atoms with Crippen molar-refractivity contribution >= 4 is 20.0 Å². The van der Waals surface area contributed by atoms with Crippen LogP contribution < -0.4 is 4.74 Å². The molecule has 0 saturated carbocycles. The molecule has 31 heavy (non-hydrogen) atoms. The molecule has 7 nitrogen and oxygen atoms in total. The summed E-state index contributed by atoms with van der Waals surface area (Å²) in [5, 5.41) is 0. The van der Waals surface area contributed by atoms with Crippen molar-refractivity contribution in [2.24, 2.45) is 0 Å². The maximum absolute atomic E-state index is 13.4. The van der Waals surface area contributed by atoms with E-state index < -0.39 is 20.0 Å². The minimum atomic E-state index is -3.76. The summed E-state index contributed by atoms with van der Waals surface area (Å²) in [6.07, 6.45) is 0. The molecular weight excluding hydrogens is 436 g/mol. The normalized spacial score (nSPS) is 16.6. The second-order valence-corrected chi connectivity index (χ2v) is 12.0. The minimum Gasteiger partial charge on any atom is -0.496 e. The molecule has 1 fully saturated rings. The Kier molecular flexibility index (Phi) is 6.81. The van der Waals surface area contributed by atoms with Gasteiger partial charge < -0.3 is 4.74 Å². The fourth-order valence-corrected chi connectivity index (χ4v) is 6.82. The Labute approximate surface area is 185 Å². The number of rotatable bonds is 6. The molecule has 0 N–H and O–H groups in total. The summed E-state index contributed by atoms with van der Waals surface area (Å²) in [4.78, 5) is 0.467. The van der Waals surface area contributed by atoms with Gasteiger partial charge >= 0.3 is 0 Å². The molecular formula is C22H30N2O5S2. The minimum absolute atomic E-state index is 0.0981. The fourth-order valence-electron chi connectivity index (χ4n) is 3.73. The summed E-state index contributed by atoms with van der Waals surface area (Å²) in [7, 11) is -5.84. The lowest BCUT2D eigenvalue weighted by atomic mass is 10.0. The highest BCUT2D eigenvalue weighted by Crippen LogP contribution is 2.33. The highest BCUT2D eigenvalue weighted by atomic mass is 32.2. The van der Waals surface area contributed by atoms with Gasteiger partial charge in [-0.3, -0.25) is 0 Å². The third kappa shape index (κ3) is 4.64. The number of ether oxygens (including phenoxy) is 1. The van der Waals surface area contributed by atoms with Crippen molar-refractivity contribution < 1.29 is 21.6 Å². The maximum atomic E-state index is 13.4. The van der Waals surface area contributed by atoms with E-state index in [1.165, 1.54) is 8.61 Å². The van der Waals surface area contributed by atoms with Gasteiger partial charge in [-0.15, -0.1) is 0 Å². The lowest BCUT2D eigenvalue weighted by Crippen LogP contribution is -2.50. The molecule has 0 aromatic heterocycles. The monoisotopic (exact) mass is 466 g/mol. The zero-order valence-corrected chi connectivity index (χ0v) is 20.3. The first-order valence-electron chi connectivity index (χ1n) is 10.2.